The lowest BCUT2D eigenvalue weighted by molar-refractivity contribution is -0.135. The van der Waals surface area contributed by atoms with Gasteiger partial charge in [-0.15, -0.1) is 0 Å². The van der Waals surface area contributed by atoms with Gasteiger partial charge in [0.15, 0.2) is 0 Å². The van der Waals surface area contributed by atoms with E-state index in [9.17, 15) is 9.59 Å². The number of aromatic nitrogens is 1. The third-order valence-corrected chi connectivity index (χ3v) is 5.09. The average Bonchev–Trinajstić information content (AvgIpc) is 3.18. The van der Waals surface area contributed by atoms with E-state index in [2.05, 4.69) is 0 Å². The molecule has 0 aliphatic carbocycles. The summed E-state index contributed by atoms with van der Waals surface area (Å²) in [6, 6.07) is 1.88. The maximum Gasteiger partial charge on any atom is 0.255 e. The molecule has 3 heterocycles. The van der Waals surface area contributed by atoms with Gasteiger partial charge in [-0.25, -0.2) is 0 Å². The first-order valence-corrected chi connectivity index (χ1v) is 8.28. The second kappa shape index (κ2) is 6.15. The molecule has 2 amide bonds. The Labute approximate surface area is 131 Å². The molecule has 0 spiro atoms. The summed E-state index contributed by atoms with van der Waals surface area (Å²) in [5.41, 5.74) is 1.75. The first kappa shape index (κ1) is 15.1. The lowest BCUT2D eigenvalue weighted by Crippen LogP contribution is -2.46. The fraction of sp³-hybridized carbons (Fsp3) is 0.647. The molecule has 0 radical (unpaired) electrons. The SMILES string of the molecule is Cc1c(C(=O)N2CCC[C@H](C(=O)N3CCCC3)C2)ccn1C. The second-order valence-corrected chi connectivity index (χ2v) is 6.55. The van der Waals surface area contributed by atoms with Crippen LogP contribution in [0, 0.1) is 12.8 Å². The van der Waals surface area contributed by atoms with Crippen molar-refractivity contribution in [3.05, 3.63) is 23.5 Å². The number of hydrogen-bond donors (Lipinski definition) is 0. The molecule has 2 fully saturated rings. The highest BCUT2D eigenvalue weighted by Gasteiger charge is 2.32. The van der Waals surface area contributed by atoms with Crippen molar-refractivity contribution in [2.45, 2.75) is 32.6 Å². The maximum atomic E-state index is 12.7. The molecule has 120 valence electrons. The Balaban J connectivity index is 1.68. The number of rotatable bonds is 2. The fourth-order valence-electron chi connectivity index (χ4n) is 3.56. The Kier molecular flexibility index (Phi) is 4.23. The molecule has 0 unspecified atom stereocenters. The van der Waals surface area contributed by atoms with Crippen molar-refractivity contribution >= 4 is 11.8 Å². The molecule has 1 atom stereocenters. The lowest BCUT2D eigenvalue weighted by atomic mass is 9.96. The largest absolute Gasteiger partial charge is 0.354 e. The average molecular weight is 303 g/mol. The van der Waals surface area contributed by atoms with Crippen LogP contribution in [0.2, 0.25) is 0 Å². The van der Waals surface area contributed by atoms with Gasteiger partial charge in [-0.2, -0.15) is 0 Å². The van der Waals surface area contributed by atoms with E-state index in [0.717, 1.165) is 56.6 Å². The van der Waals surface area contributed by atoms with Crippen molar-refractivity contribution in [1.82, 2.24) is 14.4 Å². The lowest BCUT2D eigenvalue weighted by Gasteiger charge is -2.34. The van der Waals surface area contributed by atoms with Gasteiger partial charge >= 0.3 is 0 Å². The van der Waals surface area contributed by atoms with Crippen LogP contribution in [0.25, 0.3) is 0 Å². The molecule has 1 aromatic rings. The molecule has 5 nitrogen and oxygen atoms in total. The van der Waals surface area contributed by atoms with E-state index in [1.54, 1.807) is 0 Å². The van der Waals surface area contributed by atoms with Crippen LogP contribution in [0.4, 0.5) is 0 Å². The molecule has 2 aliphatic rings. The monoisotopic (exact) mass is 303 g/mol. The normalized spacial score (nSPS) is 22.2. The third kappa shape index (κ3) is 2.76. The van der Waals surface area contributed by atoms with Gasteiger partial charge in [0.1, 0.15) is 0 Å². The molecule has 5 heteroatoms. The van der Waals surface area contributed by atoms with Crippen molar-refractivity contribution in [2.75, 3.05) is 26.2 Å². The van der Waals surface area contributed by atoms with Gasteiger partial charge in [-0.05, 0) is 38.7 Å². The zero-order valence-electron chi connectivity index (χ0n) is 13.5. The summed E-state index contributed by atoms with van der Waals surface area (Å²) < 4.78 is 1.96. The van der Waals surface area contributed by atoms with Gasteiger partial charge in [0.2, 0.25) is 5.91 Å². The third-order valence-electron chi connectivity index (χ3n) is 5.09. The van der Waals surface area contributed by atoms with Gasteiger partial charge in [0, 0.05) is 45.1 Å². The van der Waals surface area contributed by atoms with E-state index in [1.165, 1.54) is 0 Å². The highest BCUT2D eigenvalue weighted by Crippen LogP contribution is 2.23. The topological polar surface area (TPSA) is 45.6 Å². The van der Waals surface area contributed by atoms with E-state index < -0.39 is 0 Å². The van der Waals surface area contributed by atoms with Gasteiger partial charge in [0.05, 0.1) is 11.5 Å². The second-order valence-electron chi connectivity index (χ2n) is 6.55. The summed E-state index contributed by atoms with van der Waals surface area (Å²) in [7, 11) is 1.95. The summed E-state index contributed by atoms with van der Waals surface area (Å²) in [4.78, 5) is 29.1. The van der Waals surface area contributed by atoms with E-state index in [-0.39, 0.29) is 17.7 Å². The number of hydrogen-bond acceptors (Lipinski definition) is 2. The minimum Gasteiger partial charge on any atom is -0.354 e. The van der Waals surface area contributed by atoms with Gasteiger partial charge in [-0.3, -0.25) is 9.59 Å². The van der Waals surface area contributed by atoms with Gasteiger partial charge in [-0.1, -0.05) is 0 Å². The predicted octanol–water partition coefficient (Wildman–Crippen LogP) is 1.81. The van der Waals surface area contributed by atoms with Crippen LogP contribution in [0.5, 0.6) is 0 Å². The molecule has 22 heavy (non-hydrogen) atoms. The number of carbonyl (C=O) groups excluding carboxylic acids is 2. The zero-order chi connectivity index (χ0) is 15.7. The first-order valence-electron chi connectivity index (χ1n) is 8.28. The quantitative estimate of drug-likeness (QED) is 0.836. The zero-order valence-corrected chi connectivity index (χ0v) is 13.5. The molecule has 0 bridgehead atoms. The standard InChI is InChI=1S/C17H25N3O2/c1-13-15(7-11-18(13)2)17(22)20-10-5-6-14(12-20)16(21)19-8-3-4-9-19/h7,11,14H,3-6,8-10,12H2,1-2H3/t14-/m0/s1. The van der Waals surface area contributed by atoms with Crippen LogP contribution in [0.3, 0.4) is 0 Å². The number of carbonyl (C=O) groups is 2. The van der Waals surface area contributed by atoms with Crippen LogP contribution in [0.1, 0.15) is 41.7 Å². The molecule has 3 rings (SSSR count). The first-order chi connectivity index (χ1) is 10.6. The summed E-state index contributed by atoms with van der Waals surface area (Å²) >= 11 is 0. The summed E-state index contributed by atoms with van der Waals surface area (Å²) in [6.45, 7) is 5.08. The molecular formula is C17H25N3O2. The molecule has 2 aliphatic heterocycles. The number of aryl methyl sites for hydroxylation is 1. The predicted molar refractivity (Wildman–Crippen MR) is 84.6 cm³/mol. The van der Waals surface area contributed by atoms with E-state index in [0.29, 0.717) is 6.54 Å². The van der Waals surface area contributed by atoms with Gasteiger partial charge in [0.25, 0.3) is 5.91 Å². The Hall–Kier alpha value is -1.78. The van der Waals surface area contributed by atoms with Crippen molar-refractivity contribution in [3.63, 3.8) is 0 Å². The fourth-order valence-corrected chi connectivity index (χ4v) is 3.56. The van der Waals surface area contributed by atoms with E-state index in [1.807, 2.05) is 40.6 Å². The van der Waals surface area contributed by atoms with Crippen LogP contribution in [-0.4, -0.2) is 52.4 Å². The minimum atomic E-state index is -0.0141. The Morgan fingerprint density at radius 2 is 1.77 bits per heavy atom. The smallest absolute Gasteiger partial charge is 0.255 e. The van der Waals surface area contributed by atoms with Crippen LogP contribution >= 0.6 is 0 Å². The van der Waals surface area contributed by atoms with Crippen molar-refractivity contribution in [2.24, 2.45) is 13.0 Å². The molecule has 0 N–H and O–H groups in total. The molecule has 0 saturated carbocycles. The molecule has 2 saturated heterocycles. The number of amides is 2. The van der Waals surface area contributed by atoms with E-state index in [4.69, 9.17) is 0 Å². The van der Waals surface area contributed by atoms with Crippen LogP contribution < -0.4 is 0 Å². The van der Waals surface area contributed by atoms with Crippen molar-refractivity contribution in [1.29, 1.82) is 0 Å². The Bertz CT molecular complexity index is 572. The van der Waals surface area contributed by atoms with Crippen LogP contribution in [-0.2, 0) is 11.8 Å². The van der Waals surface area contributed by atoms with Gasteiger partial charge < -0.3 is 14.4 Å². The number of piperidine rings is 1. The van der Waals surface area contributed by atoms with Crippen molar-refractivity contribution < 1.29 is 9.59 Å². The maximum absolute atomic E-state index is 12.7. The highest BCUT2D eigenvalue weighted by molar-refractivity contribution is 5.96. The number of likely N-dealkylation sites (tertiary alicyclic amines) is 2. The summed E-state index contributed by atoms with van der Waals surface area (Å²) in [5.74, 6) is 0.302. The Morgan fingerprint density at radius 1 is 1.09 bits per heavy atom. The number of nitrogens with zero attached hydrogens (tertiary/aromatic N) is 3. The molecular weight excluding hydrogens is 278 g/mol. The minimum absolute atomic E-state index is 0.0141. The highest BCUT2D eigenvalue weighted by atomic mass is 16.2. The Morgan fingerprint density at radius 3 is 2.41 bits per heavy atom. The summed E-state index contributed by atoms with van der Waals surface area (Å²) in [5, 5.41) is 0. The van der Waals surface area contributed by atoms with E-state index >= 15 is 0 Å². The molecule has 1 aromatic heterocycles. The van der Waals surface area contributed by atoms with Crippen LogP contribution in [0.15, 0.2) is 12.3 Å². The summed E-state index contributed by atoms with van der Waals surface area (Å²) in [6.07, 6.45) is 5.97. The molecule has 0 aromatic carbocycles. The van der Waals surface area contributed by atoms with Crippen molar-refractivity contribution in [3.8, 4) is 0 Å².